The van der Waals surface area contributed by atoms with Gasteiger partial charge in [-0.3, -0.25) is 20.0 Å². The van der Waals surface area contributed by atoms with E-state index < -0.39 is 23.8 Å². The van der Waals surface area contributed by atoms with Gasteiger partial charge in [-0.25, -0.2) is 4.79 Å². The highest BCUT2D eigenvalue weighted by atomic mass is 16.5. The summed E-state index contributed by atoms with van der Waals surface area (Å²) in [6, 6.07) is 18.8. The van der Waals surface area contributed by atoms with Gasteiger partial charge in [-0.15, -0.1) is 5.10 Å². The number of carbonyl (C=O) groups is 2. The van der Waals surface area contributed by atoms with E-state index >= 15 is 0 Å². The molecule has 0 saturated heterocycles. The van der Waals surface area contributed by atoms with Gasteiger partial charge in [-0.1, -0.05) is 18.2 Å². The number of aliphatic carboxylic acids is 1. The molecule has 0 aliphatic carbocycles. The summed E-state index contributed by atoms with van der Waals surface area (Å²) in [5.74, 6) is 0.586. The zero-order valence-electron chi connectivity index (χ0n) is 26.5. The summed E-state index contributed by atoms with van der Waals surface area (Å²) in [6.45, 7) is 4.97. The van der Waals surface area contributed by atoms with Crippen molar-refractivity contribution in [2.75, 3.05) is 33.1 Å². The number of ether oxygens (including phenoxy) is 3. The number of hydrogen-bond donors (Lipinski definition) is 5. The minimum atomic E-state index is -0.833. The molecule has 2 unspecified atom stereocenters. The lowest BCUT2D eigenvalue weighted by molar-refractivity contribution is -0.135. The van der Waals surface area contributed by atoms with Gasteiger partial charge >= 0.3 is 5.69 Å². The number of hydrogen-bond acceptors (Lipinski definition) is 9. The van der Waals surface area contributed by atoms with Crippen LogP contribution in [0.5, 0.6) is 17.2 Å². The molecule has 244 valence electrons. The number of likely N-dealkylation sites (N-methyl/N-ethyl adjacent to an activating group) is 1. The Balaban J connectivity index is 0.00000136. The van der Waals surface area contributed by atoms with E-state index in [9.17, 15) is 9.59 Å². The molecule has 0 bridgehead atoms. The fourth-order valence-electron chi connectivity index (χ4n) is 4.34. The van der Waals surface area contributed by atoms with Crippen molar-refractivity contribution in [1.29, 1.82) is 5.41 Å². The number of nitrogen functional groups attached to an aromatic ring is 1. The first-order valence-corrected chi connectivity index (χ1v) is 14.2. The van der Waals surface area contributed by atoms with Gasteiger partial charge in [0.15, 0.2) is 23.4 Å². The van der Waals surface area contributed by atoms with E-state index in [-0.39, 0.29) is 11.7 Å². The Hall–Kier alpha value is -5.79. The second-order valence-corrected chi connectivity index (χ2v) is 10.1. The Kier molecular flexibility index (Phi) is 11.9. The number of amides is 1. The lowest BCUT2D eigenvalue weighted by atomic mass is 10.0. The molecule has 0 saturated carbocycles. The predicted molar refractivity (Wildman–Crippen MR) is 173 cm³/mol. The van der Waals surface area contributed by atoms with Crippen LogP contribution in [0.4, 0.5) is 5.69 Å². The average Bonchev–Trinajstić information content (AvgIpc) is 3.41. The molecular weight excluding hydrogens is 594 g/mol. The minimum Gasteiger partial charge on any atom is -0.494 e. The molecule has 1 aromatic heterocycles. The first-order chi connectivity index (χ1) is 21.9. The molecule has 14 nitrogen and oxygen atoms in total. The van der Waals surface area contributed by atoms with Crippen molar-refractivity contribution < 1.29 is 28.9 Å². The van der Waals surface area contributed by atoms with Crippen LogP contribution in [0.1, 0.15) is 43.8 Å². The molecule has 0 spiro atoms. The van der Waals surface area contributed by atoms with Crippen molar-refractivity contribution in [3.63, 3.8) is 0 Å². The second kappa shape index (κ2) is 15.8. The molecule has 4 rings (SSSR count). The predicted octanol–water partition coefficient (Wildman–Crippen LogP) is 3.40. The lowest BCUT2D eigenvalue weighted by Gasteiger charge is -2.22. The summed E-state index contributed by atoms with van der Waals surface area (Å²) in [6.07, 6.45) is -0.730. The third-order valence-electron chi connectivity index (χ3n) is 6.42. The number of methoxy groups -OCH3 is 1. The number of amidine groups is 1. The molecule has 4 aromatic rings. The number of anilines is 1. The third kappa shape index (κ3) is 8.87. The quantitative estimate of drug-likeness (QED) is 0.114. The van der Waals surface area contributed by atoms with E-state index in [1.165, 1.54) is 16.7 Å². The topological polar surface area (TPSA) is 198 Å². The fraction of sp³-hybridized carbons (Fsp3) is 0.281. The van der Waals surface area contributed by atoms with Gasteiger partial charge in [0.25, 0.3) is 11.9 Å². The van der Waals surface area contributed by atoms with E-state index in [1.54, 1.807) is 75.6 Å². The zero-order chi connectivity index (χ0) is 34.0. The number of carboxylic acid groups (broad SMARTS) is 1. The van der Waals surface area contributed by atoms with Crippen LogP contribution < -0.4 is 31.0 Å². The Morgan fingerprint density at radius 1 is 1.09 bits per heavy atom. The van der Waals surface area contributed by atoms with Crippen molar-refractivity contribution in [2.45, 2.75) is 32.9 Å². The Labute approximate surface area is 266 Å². The number of H-pyrrole nitrogens is 1. The molecule has 3 aromatic carbocycles. The number of aromatic nitrogens is 3. The van der Waals surface area contributed by atoms with Crippen LogP contribution in [-0.4, -0.2) is 76.4 Å². The maximum Gasteiger partial charge on any atom is 0.348 e. The van der Waals surface area contributed by atoms with Crippen LogP contribution in [0.2, 0.25) is 0 Å². The Morgan fingerprint density at radius 2 is 1.74 bits per heavy atom. The van der Waals surface area contributed by atoms with Crippen molar-refractivity contribution >= 4 is 23.4 Å². The minimum absolute atomic E-state index is 0.0445. The highest BCUT2D eigenvalue weighted by molar-refractivity contribution is 5.95. The molecule has 14 heteroatoms. The van der Waals surface area contributed by atoms with Crippen LogP contribution in [0.15, 0.2) is 71.5 Å². The fourth-order valence-corrected chi connectivity index (χ4v) is 4.34. The second-order valence-electron chi connectivity index (χ2n) is 10.1. The summed E-state index contributed by atoms with van der Waals surface area (Å²) in [5.41, 5.74) is 7.63. The third-order valence-corrected chi connectivity index (χ3v) is 6.42. The number of rotatable bonds is 12. The summed E-state index contributed by atoms with van der Waals surface area (Å²) in [5, 5.41) is 23.1. The lowest BCUT2D eigenvalue weighted by Crippen LogP contribution is -2.35. The standard InChI is InChI=1S/C30H35N7O5.C2H4O2/c1-6-41-25-17-20(13-16-24(25)42-18(2)29(38)36(3)4)26(33-21-14-11-19(12-15-21)27(31)32)28-34-30(39)37(35-28)22-9-7-8-10-23(22)40-5;1-2(3)4/h7-18,26,33H,6H2,1-5H3,(H3,31,32)(H,34,35,39);1H3,(H,3,4). The Morgan fingerprint density at radius 3 is 2.33 bits per heavy atom. The number of aromatic amines is 1. The van der Waals surface area contributed by atoms with E-state index in [1.807, 2.05) is 19.1 Å². The highest BCUT2D eigenvalue weighted by Gasteiger charge is 2.24. The van der Waals surface area contributed by atoms with Crippen LogP contribution in [0, 0.1) is 5.41 Å². The number of nitrogens with one attached hydrogen (secondary N) is 3. The number of nitrogens with zero attached hydrogens (tertiary/aromatic N) is 3. The molecule has 46 heavy (non-hydrogen) atoms. The van der Waals surface area contributed by atoms with Gasteiger partial charge in [0, 0.05) is 32.3 Å². The average molecular weight is 634 g/mol. The monoisotopic (exact) mass is 633 g/mol. The van der Waals surface area contributed by atoms with Gasteiger partial charge in [0.1, 0.15) is 23.3 Å². The smallest absolute Gasteiger partial charge is 0.348 e. The Bertz CT molecular complexity index is 1710. The summed E-state index contributed by atoms with van der Waals surface area (Å²) < 4.78 is 18.5. The normalized spacial score (nSPS) is 11.7. The molecule has 1 amide bonds. The number of carboxylic acids is 1. The van der Waals surface area contributed by atoms with Gasteiger partial charge in [0.2, 0.25) is 0 Å². The number of benzene rings is 3. The molecular formula is C32H39N7O7. The van der Waals surface area contributed by atoms with Gasteiger partial charge in [0.05, 0.1) is 13.7 Å². The van der Waals surface area contributed by atoms with Crippen LogP contribution >= 0.6 is 0 Å². The van der Waals surface area contributed by atoms with Crippen molar-refractivity contribution in [3.8, 4) is 22.9 Å². The van der Waals surface area contributed by atoms with Gasteiger partial charge in [-0.05, 0) is 67.9 Å². The van der Waals surface area contributed by atoms with E-state index in [0.717, 1.165) is 6.92 Å². The van der Waals surface area contributed by atoms with E-state index in [0.29, 0.717) is 52.2 Å². The van der Waals surface area contributed by atoms with Crippen molar-refractivity contribution in [2.24, 2.45) is 5.73 Å². The summed E-state index contributed by atoms with van der Waals surface area (Å²) >= 11 is 0. The molecule has 0 aliphatic heterocycles. The maximum atomic E-state index is 13.1. The van der Waals surface area contributed by atoms with Crippen LogP contribution in [0.3, 0.4) is 0 Å². The number of para-hydroxylation sites is 2. The van der Waals surface area contributed by atoms with Gasteiger partial charge in [-0.2, -0.15) is 4.68 Å². The molecule has 2 atom stereocenters. The summed E-state index contributed by atoms with van der Waals surface area (Å²) in [7, 11) is 4.86. The largest absolute Gasteiger partial charge is 0.494 e. The highest BCUT2D eigenvalue weighted by Crippen LogP contribution is 2.34. The first kappa shape index (κ1) is 34.7. The first-order valence-electron chi connectivity index (χ1n) is 14.2. The molecule has 0 fully saturated rings. The number of carbonyl (C=O) groups excluding carboxylic acids is 1. The summed E-state index contributed by atoms with van der Waals surface area (Å²) in [4.78, 5) is 38.9. The van der Waals surface area contributed by atoms with Crippen molar-refractivity contribution in [3.05, 3.63) is 94.2 Å². The SMILES string of the molecule is CC(=O)O.CCOc1cc(C(Nc2ccc(C(=N)N)cc2)c2nn(-c3ccccc3OC)c(=O)[nH]2)ccc1OC(C)C(=O)N(C)C. The molecule has 0 aliphatic rings. The van der Waals surface area contributed by atoms with Crippen LogP contribution in [0.25, 0.3) is 5.69 Å². The maximum absolute atomic E-state index is 13.1. The van der Waals surface area contributed by atoms with E-state index in [4.69, 9.17) is 35.3 Å². The molecule has 0 radical (unpaired) electrons. The molecule has 6 N–H and O–H groups in total. The van der Waals surface area contributed by atoms with Crippen LogP contribution in [-0.2, 0) is 9.59 Å². The van der Waals surface area contributed by atoms with Crippen molar-refractivity contribution in [1.82, 2.24) is 19.7 Å². The van der Waals surface area contributed by atoms with Gasteiger partial charge < -0.3 is 35.3 Å². The number of nitrogens with two attached hydrogens (primary N) is 1. The zero-order valence-corrected chi connectivity index (χ0v) is 26.5. The van der Waals surface area contributed by atoms with E-state index in [2.05, 4.69) is 15.4 Å². The molecule has 1 heterocycles.